The second-order valence-electron chi connectivity index (χ2n) is 8.00. The Morgan fingerprint density at radius 2 is 1.57 bits per heavy atom. The van der Waals surface area contributed by atoms with Crippen molar-refractivity contribution in [1.29, 1.82) is 0 Å². The van der Waals surface area contributed by atoms with Gasteiger partial charge in [0, 0.05) is 6.54 Å². The average molecular weight is 424 g/mol. The maximum atomic E-state index is 11.4. The first-order chi connectivity index (χ1) is 14.3. The van der Waals surface area contributed by atoms with E-state index in [0.717, 1.165) is 22.6 Å². The third kappa shape index (κ3) is 4.18. The van der Waals surface area contributed by atoms with Gasteiger partial charge in [-0.3, -0.25) is 4.18 Å². The van der Waals surface area contributed by atoms with Gasteiger partial charge in [-0.1, -0.05) is 60.7 Å². The third-order valence-corrected chi connectivity index (χ3v) is 6.03. The smallest absolute Gasteiger partial charge is 0.264 e. The minimum atomic E-state index is -3.59. The molecule has 0 aliphatic carbocycles. The van der Waals surface area contributed by atoms with Gasteiger partial charge in [-0.25, -0.2) is 0 Å². The Morgan fingerprint density at radius 1 is 0.933 bits per heavy atom. The van der Waals surface area contributed by atoms with E-state index >= 15 is 0 Å². The molecule has 0 bridgehead atoms. The van der Waals surface area contributed by atoms with E-state index in [-0.39, 0.29) is 13.2 Å². The van der Waals surface area contributed by atoms with Crippen LogP contribution >= 0.6 is 0 Å². The van der Waals surface area contributed by atoms with E-state index in [1.807, 2.05) is 18.2 Å². The highest BCUT2D eigenvalue weighted by atomic mass is 32.2. The van der Waals surface area contributed by atoms with Crippen LogP contribution in [0.3, 0.4) is 0 Å². The summed E-state index contributed by atoms with van der Waals surface area (Å²) in [6, 6.07) is 23.1. The zero-order valence-electron chi connectivity index (χ0n) is 17.1. The summed E-state index contributed by atoms with van der Waals surface area (Å²) < 4.78 is 27.7. The van der Waals surface area contributed by atoms with Crippen LogP contribution in [0.1, 0.15) is 12.5 Å². The standard InChI is InChI=1S/C24H25NO4S/c1-24(15-26,16-29-30(2,27)28)25-14-19-13-18-12-11-17-7-3-4-9-21(17)23(18)22-10-6-5-8-20(19)22/h3-13,25-26H,14-16H2,1-2H3. The Morgan fingerprint density at radius 3 is 2.27 bits per heavy atom. The highest BCUT2D eigenvalue weighted by molar-refractivity contribution is 7.85. The molecule has 6 heteroatoms. The first-order valence-electron chi connectivity index (χ1n) is 9.82. The van der Waals surface area contributed by atoms with Gasteiger partial charge in [0.2, 0.25) is 0 Å². The molecule has 0 spiro atoms. The lowest BCUT2D eigenvalue weighted by molar-refractivity contribution is 0.118. The summed E-state index contributed by atoms with van der Waals surface area (Å²) in [6.07, 6.45) is 1.01. The van der Waals surface area contributed by atoms with Crippen LogP contribution in [0.2, 0.25) is 0 Å². The molecule has 4 rings (SSSR count). The first-order valence-corrected chi connectivity index (χ1v) is 11.6. The summed E-state index contributed by atoms with van der Waals surface area (Å²) in [4.78, 5) is 0. The van der Waals surface area contributed by atoms with Crippen LogP contribution in [0.5, 0.6) is 0 Å². The predicted octanol–water partition coefficient (Wildman–Crippen LogP) is 3.96. The molecule has 1 atom stereocenters. The average Bonchev–Trinajstić information content (AvgIpc) is 2.75. The van der Waals surface area contributed by atoms with E-state index in [2.05, 4.69) is 53.8 Å². The molecule has 5 nitrogen and oxygen atoms in total. The van der Waals surface area contributed by atoms with Gasteiger partial charge in [-0.2, -0.15) is 8.42 Å². The Balaban J connectivity index is 1.77. The largest absolute Gasteiger partial charge is 0.394 e. The van der Waals surface area contributed by atoms with Gasteiger partial charge in [0.25, 0.3) is 10.1 Å². The summed E-state index contributed by atoms with van der Waals surface area (Å²) in [5.41, 5.74) is 0.190. The van der Waals surface area contributed by atoms with E-state index in [1.54, 1.807) is 6.92 Å². The molecule has 1 unspecified atom stereocenters. The molecular weight excluding hydrogens is 398 g/mol. The Hall–Kier alpha value is -2.51. The number of aliphatic hydroxyl groups excluding tert-OH is 1. The summed E-state index contributed by atoms with van der Waals surface area (Å²) in [5.74, 6) is 0. The van der Waals surface area contributed by atoms with Gasteiger partial charge >= 0.3 is 0 Å². The second kappa shape index (κ2) is 7.96. The molecule has 0 radical (unpaired) electrons. The van der Waals surface area contributed by atoms with Gasteiger partial charge in [-0.05, 0) is 50.9 Å². The van der Waals surface area contributed by atoms with Crippen LogP contribution in [-0.2, 0) is 20.8 Å². The van der Waals surface area contributed by atoms with Gasteiger partial charge < -0.3 is 10.4 Å². The van der Waals surface area contributed by atoms with Crippen molar-refractivity contribution in [2.24, 2.45) is 0 Å². The fraction of sp³-hybridized carbons (Fsp3) is 0.250. The van der Waals surface area contributed by atoms with Crippen molar-refractivity contribution in [2.45, 2.75) is 19.0 Å². The van der Waals surface area contributed by atoms with Gasteiger partial charge in [0.05, 0.1) is 25.0 Å². The van der Waals surface area contributed by atoms with E-state index in [1.165, 1.54) is 21.5 Å². The zero-order valence-corrected chi connectivity index (χ0v) is 17.9. The normalized spacial score (nSPS) is 14.4. The van der Waals surface area contributed by atoms with Crippen molar-refractivity contribution in [3.63, 3.8) is 0 Å². The minimum Gasteiger partial charge on any atom is -0.394 e. The Bertz CT molecular complexity index is 1330. The topological polar surface area (TPSA) is 75.6 Å². The molecule has 2 N–H and O–H groups in total. The highest BCUT2D eigenvalue weighted by Crippen LogP contribution is 2.34. The highest BCUT2D eigenvalue weighted by Gasteiger charge is 2.25. The molecular formula is C24H25NO4S. The molecule has 0 saturated carbocycles. The van der Waals surface area contributed by atoms with Crippen molar-refractivity contribution >= 4 is 42.4 Å². The molecule has 0 saturated heterocycles. The van der Waals surface area contributed by atoms with E-state index in [0.29, 0.717) is 6.54 Å². The van der Waals surface area contributed by atoms with Crippen molar-refractivity contribution < 1.29 is 17.7 Å². The number of hydrogen-bond donors (Lipinski definition) is 2. The Labute approximate surface area is 176 Å². The van der Waals surface area contributed by atoms with Gasteiger partial charge in [-0.15, -0.1) is 0 Å². The lowest BCUT2D eigenvalue weighted by Crippen LogP contribution is -2.49. The molecule has 156 valence electrons. The third-order valence-electron chi connectivity index (χ3n) is 5.48. The predicted molar refractivity (Wildman–Crippen MR) is 122 cm³/mol. The van der Waals surface area contributed by atoms with Crippen molar-refractivity contribution in [2.75, 3.05) is 19.5 Å². The molecule has 0 aliphatic heterocycles. The fourth-order valence-electron chi connectivity index (χ4n) is 3.80. The Kier molecular flexibility index (Phi) is 5.51. The SMILES string of the molecule is CC(CO)(COS(C)(=O)=O)NCc1cc2ccc3ccccc3c2c2ccccc12. The first kappa shape index (κ1) is 20.8. The molecule has 30 heavy (non-hydrogen) atoms. The van der Waals surface area contributed by atoms with Crippen LogP contribution < -0.4 is 5.32 Å². The zero-order chi connectivity index (χ0) is 21.4. The summed E-state index contributed by atoms with van der Waals surface area (Å²) in [5, 5.41) is 20.2. The lowest BCUT2D eigenvalue weighted by Gasteiger charge is -2.28. The summed E-state index contributed by atoms with van der Waals surface area (Å²) in [7, 11) is -3.59. The summed E-state index contributed by atoms with van der Waals surface area (Å²) in [6.45, 7) is 1.82. The molecule has 0 aliphatic rings. The summed E-state index contributed by atoms with van der Waals surface area (Å²) >= 11 is 0. The quantitative estimate of drug-likeness (QED) is 0.348. The number of aliphatic hydroxyl groups is 1. The fourth-order valence-corrected chi connectivity index (χ4v) is 4.27. The molecule has 0 aromatic heterocycles. The van der Waals surface area contributed by atoms with E-state index in [9.17, 15) is 13.5 Å². The number of nitrogens with one attached hydrogen (secondary N) is 1. The van der Waals surface area contributed by atoms with Crippen LogP contribution in [0.4, 0.5) is 0 Å². The van der Waals surface area contributed by atoms with Gasteiger partial charge in [0.1, 0.15) is 0 Å². The lowest BCUT2D eigenvalue weighted by atomic mass is 9.93. The molecule has 0 heterocycles. The maximum absolute atomic E-state index is 11.4. The van der Waals surface area contributed by atoms with Crippen LogP contribution in [-0.4, -0.2) is 38.5 Å². The van der Waals surface area contributed by atoms with Crippen LogP contribution in [0.25, 0.3) is 32.3 Å². The number of benzene rings is 4. The number of rotatable bonds is 7. The monoisotopic (exact) mass is 423 g/mol. The molecule has 4 aromatic rings. The second-order valence-corrected chi connectivity index (χ2v) is 9.65. The van der Waals surface area contributed by atoms with Crippen molar-refractivity contribution in [3.05, 3.63) is 72.3 Å². The van der Waals surface area contributed by atoms with Crippen molar-refractivity contribution in [3.8, 4) is 0 Å². The van der Waals surface area contributed by atoms with E-state index < -0.39 is 15.7 Å². The van der Waals surface area contributed by atoms with Crippen molar-refractivity contribution in [1.82, 2.24) is 5.32 Å². The maximum Gasteiger partial charge on any atom is 0.264 e. The van der Waals surface area contributed by atoms with Crippen LogP contribution in [0, 0.1) is 0 Å². The van der Waals surface area contributed by atoms with Crippen LogP contribution in [0.15, 0.2) is 66.7 Å². The molecule has 4 aromatic carbocycles. The molecule has 0 amide bonds. The molecule has 0 fully saturated rings. The van der Waals surface area contributed by atoms with E-state index in [4.69, 9.17) is 4.18 Å². The number of hydrogen-bond acceptors (Lipinski definition) is 5. The minimum absolute atomic E-state index is 0.140. The van der Waals surface area contributed by atoms with Gasteiger partial charge in [0.15, 0.2) is 0 Å². The number of fused-ring (bicyclic) bond motifs is 5.